The molecule has 1 saturated heterocycles. The molecule has 3 aromatic rings. The van der Waals surface area contributed by atoms with Gasteiger partial charge in [-0.25, -0.2) is 4.39 Å². The molecule has 0 radical (unpaired) electrons. The fourth-order valence-electron chi connectivity index (χ4n) is 4.38. The minimum atomic E-state index is -0.654. The standard InChI is InChI=1S/C27H27ClFN3O4/c1-32-16-18(7-9-26(32)33)25(31-35)15-22(20-4-2-3-5-23(20)28)17-6-8-21(24(29)14-17)27(34)30-19-10-12-36-13-11-19/h2-9,14,16,19,22,35H,10-13,15H2,1H3,(H,30,34)/b31-25-. The largest absolute Gasteiger partial charge is 0.411 e. The first kappa shape index (κ1) is 25.6. The van der Waals surface area contributed by atoms with Crippen LogP contribution in [0.4, 0.5) is 4.39 Å². The molecule has 1 aromatic heterocycles. The maximum atomic E-state index is 15.2. The highest BCUT2D eigenvalue weighted by Gasteiger charge is 2.24. The Kier molecular flexibility index (Phi) is 8.18. The second-order valence-corrected chi connectivity index (χ2v) is 9.20. The Labute approximate surface area is 213 Å². The number of pyridine rings is 1. The second kappa shape index (κ2) is 11.5. The van der Waals surface area contributed by atoms with Crippen LogP contribution in [-0.2, 0) is 11.8 Å². The van der Waals surface area contributed by atoms with E-state index in [0.717, 1.165) is 0 Å². The van der Waals surface area contributed by atoms with Crippen LogP contribution in [0.5, 0.6) is 0 Å². The number of carbonyl (C=O) groups is 1. The Morgan fingerprint density at radius 2 is 1.97 bits per heavy atom. The van der Waals surface area contributed by atoms with Gasteiger partial charge in [-0.3, -0.25) is 9.59 Å². The minimum Gasteiger partial charge on any atom is -0.411 e. The van der Waals surface area contributed by atoms with E-state index in [-0.39, 0.29) is 23.6 Å². The molecule has 0 aliphatic carbocycles. The summed E-state index contributed by atoms with van der Waals surface area (Å²) in [7, 11) is 1.60. The average Bonchev–Trinajstić information content (AvgIpc) is 2.88. The number of oxime groups is 1. The van der Waals surface area contributed by atoms with Gasteiger partial charge in [-0.05, 0) is 48.2 Å². The molecule has 2 heterocycles. The summed E-state index contributed by atoms with van der Waals surface area (Å²) in [6.45, 7) is 1.13. The number of hydrogen-bond donors (Lipinski definition) is 2. The third kappa shape index (κ3) is 5.83. The smallest absolute Gasteiger partial charge is 0.254 e. The molecule has 9 heteroatoms. The van der Waals surface area contributed by atoms with Crippen molar-refractivity contribution in [1.82, 2.24) is 9.88 Å². The fourth-order valence-corrected chi connectivity index (χ4v) is 4.64. The highest BCUT2D eigenvalue weighted by Crippen LogP contribution is 2.35. The van der Waals surface area contributed by atoms with Crippen molar-refractivity contribution in [3.05, 3.63) is 104 Å². The van der Waals surface area contributed by atoms with E-state index in [9.17, 15) is 14.8 Å². The number of nitrogens with one attached hydrogen (secondary N) is 1. The van der Waals surface area contributed by atoms with Gasteiger partial charge in [-0.1, -0.05) is 41.0 Å². The van der Waals surface area contributed by atoms with Crippen molar-refractivity contribution in [2.75, 3.05) is 13.2 Å². The monoisotopic (exact) mass is 511 g/mol. The van der Waals surface area contributed by atoms with Gasteiger partial charge in [-0.15, -0.1) is 0 Å². The lowest BCUT2D eigenvalue weighted by Crippen LogP contribution is -2.39. The molecule has 0 spiro atoms. The normalized spacial score (nSPS) is 15.5. The predicted octanol–water partition coefficient (Wildman–Crippen LogP) is 4.49. The van der Waals surface area contributed by atoms with Gasteiger partial charge in [0.05, 0.1) is 11.3 Å². The van der Waals surface area contributed by atoms with Gasteiger partial charge in [0.25, 0.3) is 5.91 Å². The molecule has 188 valence electrons. The number of aromatic nitrogens is 1. The summed E-state index contributed by atoms with van der Waals surface area (Å²) >= 11 is 6.50. The molecule has 1 atom stereocenters. The summed E-state index contributed by atoms with van der Waals surface area (Å²) in [6.07, 6.45) is 3.12. The number of amides is 1. The maximum absolute atomic E-state index is 15.2. The van der Waals surface area contributed by atoms with E-state index in [4.69, 9.17) is 16.3 Å². The van der Waals surface area contributed by atoms with E-state index in [0.29, 0.717) is 53.5 Å². The molecule has 4 rings (SSSR count). The van der Waals surface area contributed by atoms with Gasteiger partial charge < -0.3 is 19.8 Å². The lowest BCUT2D eigenvalue weighted by atomic mass is 9.85. The number of ether oxygens (including phenoxy) is 1. The Morgan fingerprint density at radius 3 is 2.64 bits per heavy atom. The number of halogens is 2. The molecule has 2 aromatic carbocycles. The summed E-state index contributed by atoms with van der Waals surface area (Å²) in [6, 6.07) is 14.6. The van der Waals surface area contributed by atoms with Gasteiger partial charge in [0.1, 0.15) is 5.82 Å². The van der Waals surface area contributed by atoms with Crippen LogP contribution in [-0.4, -0.2) is 40.6 Å². The second-order valence-electron chi connectivity index (χ2n) is 8.79. The van der Waals surface area contributed by atoms with Crippen molar-refractivity contribution in [2.45, 2.75) is 31.2 Å². The quantitative estimate of drug-likeness (QED) is 0.278. The molecular weight excluding hydrogens is 485 g/mol. The number of aryl methyl sites for hydroxylation is 1. The van der Waals surface area contributed by atoms with Crippen molar-refractivity contribution in [3.8, 4) is 0 Å². The molecule has 36 heavy (non-hydrogen) atoms. The van der Waals surface area contributed by atoms with Gasteiger partial charge in [-0.2, -0.15) is 0 Å². The van der Waals surface area contributed by atoms with Crippen LogP contribution < -0.4 is 10.9 Å². The third-order valence-electron chi connectivity index (χ3n) is 6.41. The molecule has 7 nitrogen and oxygen atoms in total. The lowest BCUT2D eigenvalue weighted by Gasteiger charge is -2.23. The third-order valence-corrected chi connectivity index (χ3v) is 6.76. The number of hydrogen-bond acceptors (Lipinski definition) is 5. The van der Waals surface area contributed by atoms with Crippen LogP contribution in [0, 0.1) is 5.82 Å². The highest BCUT2D eigenvalue weighted by atomic mass is 35.5. The van der Waals surface area contributed by atoms with Crippen molar-refractivity contribution >= 4 is 23.2 Å². The number of rotatable bonds is 7. The first-order valence-electron chi connectivity index (χ1n) is 11.7. The van der Waals surface area contributed by atoms with Gasteiger partial charge in [0.2, 0.25) is 5.56 Å². The Hall–Kier alpha value is -3.49. The molecule has 1 unspecified atom stereocenters. The zero-order chi connectivity index (χ0) is 25.7. The zero-order valence-corrected chi connectivity index (χ0v) is 20.5. The summed E-state index contributed by atoms with van der Waals surface area (Å²) in [5, 5.41) is 16.6. The van der Waals surface area contributed by atoms with Crippen molar-refractivity contribution in [1.29, 1.82) is 0 Å². The number of carbonyl (C=O) groups excluding carboxylic acids is 1. The Morgan fingerprint density at radius 1 is 1.22 bits per heavy atom. The first-order valence-corrected chi connectivity index (χ1v) is 12.1. The van der Waals surface area contributed by atoms with Crippen LogP contribution in [0.3, 0.4) is 0 Å². The van der Waals surface area contributed by atoms with Crippen LogP contribution in [0.15, 0.2) is 70.7 Å². The minimum absolute atomic E-state index is 0.0442. The highest BCUT2D eigenvalue weighted by molar-refractivity contribution is 6.31. The fraction of sp³-hybridized carbons (Fsp3) is 0.296. The molecule has 1 fully saturated rings. The topological polar surface area (TPSA) is 92.9 Å². The van der Waals surface area contributed by atoms with Crippen molar-refractivity contribution in [2.24, 2.45) is 12.2 Å². The molecule has 1 aliphatic rings. The zero-order valence-electron chi connectivity index (χ0n) is 19.8. The molecular formula is C27H27ClFN3O4. The van der Waals surface area contributed by atoms with Gasteiger partial charge in [0, 0.05) is 61.5 Å². The van der Waals surface area contributed by atoms with Crippen LogP contribution in [0.25, 0.3) is 0 Å². The van der Waals surface area contributed by atoms with E-state index in [1.807, 2.05) is 12.1 Å². The van der Waals surface area contributed by atoms with Gasteiger partial charge in [0.15, 0.2) is 0 Å². The van der Waals surface area contributed by atoms with Crippen LogP contribution in [0.1, 0.15) is 52.2 Å². The van der Waals surface area contributed by atoms with Crippen molar-refractivity contribution in [3.63, 3.8) is 0 Å². The van der Waals surface area contributed by atoms with E-state index in [1.54, 1.807) is 37.5 Å². The predicted molar refractivity (Wildman–Crippen MR) is 136 cm³/mol. The summed E-state index contributed by atoms with van der Waals surface area (Å²) < 4.78 is 21.9. The first-order chi connectivity index (χ1) is 17.4. The van der Waals surface area contributed by atoms with Crippen molar-refractivity contribution < 1.29 is 19.1 Å². The Balaban J connectivity index is 1.66. The van der Waals surface area contributed by atoms with E-state index in [1.165, 1.54) is 22.8 Å². The average molecular weight is 512 g/mol. The number of benzene rings is 2. The van der Waals surface area contributed by atoms with E-state index in [2.05, 4.69) is 10.5 Å². The SMILES string of the molecule is Cn1cc(/C(CC(c2ccc(C(=O)NC3CCOCC3)c(F)c2)c2ccccc2Cl)=N\O)ccc1=O. The lowest BCUT2D eigenvalue weighted by molar-refractivity contribution is 0.0694. The van der Waals surface area contributed by atoms with Crippen LogP contribution >= 0.6 is 11.6 Å². The summed E-state index contributed by atoms with van der Waals surface area (Å²) in [4.78, 5) is 24.5. The maximum Gasteiger partial charge on any atom is 0.254 e. The number of nitrogens with zero attached hydrogens (tertiary/aromatic N) is 2. The van der Waals surface area contributed by atoms with Gasteiger partial charge >= 0.3 is 0 Å². The molecule has 0 bridgehead atoms. The molecule has 1 amide bonds. The molecule has 1 aliphatic heterocycles. The van der Waals surface area contributed by atoms with Crippen LogP contribution in [0.2, 0.25) is 5.02 Å². The van der Waals surface area contributed by atoms with E-state index < -0.39 is 17.6 Å². The summed E-state index contributed by atoms with van der Waals surface area (Å²) in [5.74, 6) is -1.61. The summed E-state index contributed by atoms with van der Waals surface area (Å²) in [5.41, 5.74) is 1.88. The Bertz CT molecular complexity index is 1330. The molecule has 0 saturated carbocycles. The molecule has 2 N–H and O–H groups in total. The van der Waals surface area contributed by atoms with E-state index >= 15 is 4.39 Å².